The molecule has 0 N–H and O–H groups in total. The first-order valence-electron chi connectivity index (χ1n) is 5.30. The van der Waals surface area contributed by atoms with Crippen molar-refractivity contribution in [2.45, 2.75) is 45.6 Å². The molecule has 0 saturated carbocycles. The Labute approximate surface area is 80.9 Å². The Hall–Kier alpha value is -0.550. The van der Waals surface area contributed by atoms with Gasteiger partial charge in [-0.3, -0.25) is 0 Å². The van der Waals surface area contributed by atoms with Crippen LogP contribution in [-0.4, -0.2) is 12.7 Å². The fourth-order valence-electron chi connectivity index (χ4n) is 2.12. The molecule has 74 valence electrons. The van der Waals surface area contributed by atoms with Crippen LogP contribution in [0.2, 0.25) is 0 Å². The molecule has 2 heteroatoms. The summed E-state index contributed by atoms with van der Waals surface area (Å²) >= 11 is 0. The van der Waals surface area contributed by atoms with Crippen molar-refractivity contribution in [1.82, 2.24) is 0 Å². The van der Waals surface area contributed by atoms with Gasteiger partial charge in [-0.05, 0) is 25.2 Å². The van der Waals surface area contributed by atoms with Crippen LogP contribution in [0, 0.1) is 23.2 Å². The average molecular weight is 181 g/mol. The van der Waals surface area contributed by atoms with E-state index in [1.54, 1.807) is 0 Å². The minimum absolute atomic E-state index is 0.135. The largest absolute Gasteiger partial charge is 0.377 e. The van der Waals surface area contributed by atoms with Gasteiger partial charge in [0.1, 0.15) is 0 Å². The van der Waals surface area contributed by atoms with Crippen LogP contribution in [0.1, 0.15) is 39.5 Å². The summed E-state index contributed by atoms with van der Waals surface area (Å²) in [6.07, 6.45) is 4.61. The van der Waals surface area contributed by atoms with Gasteiger partial charge in [-0.15, -0.1) is 0 Å². The quantitative estimate of drug-likeness (QED) is 0.670. The molecule has 0 aromatic carbocycles. The fraction of sp³-hybridized carbons (Fsp3) is 0.909. The minimum Gasteiger partial charge on any atom is -0.377 e. The maximum atomic E-state index is 8.95. The highest BCUT2D eigenvalue weighted by molar-refractivity contribution is 4.92. The van der Waals surface area contributed by atoms with Gasteiger partial charge in [0.05, 0.1) is 18.1 Å². The summed E-state index contributed by atoms with van der Waals surface area (Å²) in [6, 6.07) is 2.37. The van der Waals surface area contributed by atoms with E-state index >= 15 is 0 Å². The second kappa shape index (κ2) is 5.24. The van der Waals surface area contributed by atoms with Crippen molar-refractivity contribution in [3.63, 3.8) is 0 Å². The van der Waals surface area contributed by atoms with Crippen molar-refractivity contribution in [3.05, 3.63) is 0 Å². The normalized spacial score (nSPS) is 30.8. The summed E-state index contributed by atoms with van der Waals surface area (Å²) in [4.78, 5) is 0. The summed E-state index contributed by atoms with van der Waals surface area (Å²) in [5.74, 6) is 0.672. The molecule has 1 aliphatic rings. The highest BCUT2D eigenvalue weighted by atomic mass is 16.5. The van der Waals surface area contributed by atoms with Gasteiger partial charge in [-0.2, -0.15) is 5.26 Å². The third-order valence-electron chi connectivity index (χ3n) is 2.84. The zero-order valence-electron chi connectivity index (χ0n) is 8.62. The molecule has 0 aliphatic carbocycles. The van der Waals surface area contributed by atoms with Gasteiger partial charge >= 0.3 is 0 Å². The van der Waals surface area contributed by atoms with Crippen molar-refractivity contribution in [2.24, 2.45) is 11.8 Å². The van der Waals surface area contributed by atoms with Crippen molar-refractivity contribution < 1.29 is 4.74 Å². The molecule has 3 atom stereocenters. The maximum Gasteiger partial charge on any atom is 0.0758 e. The highest BCUT2D eigenvalue weighted by Crippen LogP contribution is 2.27. The van der Waals surface area contributed by atoms with Crippen LogP contribution in [0.4, 0.5) is 0 Å². The first kappa shape index (κ1) is 10.5. The molecule has 1 rings (SSSR count). The Morgan fingerprint density at radius 2 is 2.38 bits per heavy atom. The van der Waals surface area contributed by atoms with E-state index in [0.29, 0.717) is 5.92 Å². The number of nitrogens with zero attached hydrogens (tertiary/aromatic N) is 1. The van der Waals surface area contributed by atoms with E-state index < -0.39 is 0 Å². The van der Waals surface area contributed by atoms with Crippen LogP contribution in [0.15, 0.2) is 0 Å². The van der Waals surface area contributed by atoms with E-state index in [4.69, 9.17) is 10.00 Å². The molecule has 1 aliphatic heterocycles. The third-order valence-corrected chi connectivity index (χ3v) is 2.84. The Morgan fingerprint density at radius 3 is 3.00 bits per heavy atom. The molecule has 0 radical (unpaired) electrons. The van der Waals surface area contributed by atoms with Gasteiger partial charge in [0.25, 0.3) is 0 Å². The van der Waals surface area contributed by atoms with Crippen LogP contribution in [0.5, 0.6) is 0 Å². The molecule has 2 nitrogen and oxygen atoms in total. The van der Waals surface area contributed by atoms with E-state index in [9.17, 15) is 0 Å². The Kier molecular flexibility index (Phi) is 4.24. The fourth-order valence-corrected chi connectivity index (χ4v) is 2.12. The zero-order valence-corrected chi connectivity index (χ0v) is 8.62. The molecule has 0 spiro atoms. The number of hydrogen-bond acceptors (Lipinski definition) is 2. The van der Waals surface area contributed by atoms with E-state index in [1.807, 2.05) is 0 Å². The second-order valence-electron chi connectivity index (χ2n) is 3.98. The monoisotopic (exact) mass is 181 g/mol. The van der Waals surface area contributed by atoms with Crippen LogP contribution in [0.25, 0.3) is 0 Å². The topological polar surface area (TPSA) is 33.0 Å². The predicted molar refractivity (Wildman–Crippen MR) is 52.1 cm³/mol. The van der Waals surface area contributed by atoms with E-state index in [2.05, 4.69) is 19.9 Å². The van der Waals surface area contributed by atoms with Crippen LogP contribution < -0.4 is 0 Å². The van der Waals surface area contributed by atoms with Crippen molar-refractivity contribution in [2.75, 3.05) is 6.61 Å². The predicted octanol–water partition coefficient (Wildman–Crippen LogP) is 2.74. The van der Waals surface area contributed by atoms with Gasteiger partial charge in [-0.25, -0.2) is 0 Å². The van der Waals surface area contributed by atoms with Gasteiger partial charge in [0, 0.05) is 6.61 Å². The lowest BCUT2D eigenvalue weighted by atomic mass is 9.85. The molecule has 1 fully saturated rings. The minimum atomic E-state index is 0.135. The summed E-state index contributed by atoms with van der Waals surface area (Å²) in [5, 5.41) is 8.95. The Morgan fingerprint density at radius 1 is 1.62 bits per heavy atom. The molecular weight excluding hydrogens is 162 g/mol. The first-order chi connectivity index (χ1) is 6.29. The van der Waals surface area contributed by atoms with E-state index in [1.165, 1.54) is 12.8 Å². The summed E-state index contributed by atoms with van der Waals surface area (Å²) in [7, 11) is 0. The molecule has 3 unspecified atom stereocenters. The van der Waals surface area contributed by atoms with Crippen LogP contribution in [0.3, 0.4) is 0 Å². The lowest BCUT2D eigenvalue weighted by molar-refractivity contribution is -0.0417. The number of nitriles is 1. The highest BCUT2D eigenvalue weighted by Gasteiger charge is 2.29. The Bertz CT molecular complexity index is 185. The lowest BCUT2D eigenvalue weighted by Crippen LogP contribution is -2.34. The molecule has 0 amide bonds. The zero-order chi connectivity index (χ0) is 9.68. The van der Waals surface area contributed by atoms with Crippen molar-refractivity contribution >= 4 is 0 Å². The Balaban J connectivity index is 2.49. The molecular formula is C11H19NO. The summed E-state index contributed by atoms with van der Waals surface area (Å²) < 4.78 is 5.67. The number of ether oxygens (including phenoxy) is 1. The number of rotatable bonds is 3. The van der Waals surface area contributed by atoms with Crippen molar-refractivity contribution in [3.8, 4) is 6.07 Å². The van der Waals surface area contributed by atoms with Gasteiger partial charge < -0.3 is 4.74 Å². The summed E-state index contributed by atoms with van der Waals surface area (Å²) in [5.41, 5.74) is 0. The second-order valence-corrected chi connectivity index (χ2v) is 3.98. The maximum absolute atomic E-state index is 8.95. The standard InChI is InChI=1S/C11H19NO/c1-3-5-9(2)11-10(8-12)6-4-7-13-11/h9-11H,3-7H2,1-2H3. The first-order valence-corrected chi connectivity index (χ1v) is 5.30. The molecule has 0 aromatic heterocycles. The average Bonchev–Trinajstić information content (AvgIpc) is 2.18. The van der Waals surface area contributed by atoms with E-state index in [-0.39, 0.29) is 12.0 Å². The molecule has 0 bridgehead atoms. The van der Waals surface area contributed by atoms with Crippen LogP contribution >= 0.6 is 0 Å². The van der Waals surface area contributed by atoms with Crippen molar-refractivity contribution in [1.29, 1.82) is 5.26 Å². The SMILES string of the molecule is CCCC(C)C1OCCCC1C#N. The molecule has 1 heterocycles. The van der Waals surface area contributed by atoms with Gasteiger partial charge in [0.2, 0.25) is 0 Å². The van der Waals surface area contributed by atoms with E-state index in [0.717, 1.165) is 19.4 Å². The number of hydrogen-bond donors (Lipinski definition) is 0. The molecule has 1 saturated heterocycles. The summed E-state index contributed by atoms with van der Waals surface area (Å²) in [6.45, 7) is 5.22. The van der Waals surface area contributed by atoms with Crippen LogP contribution in [-0.2, 0) is 4.74 Å². The smallest absolute Gasteiger partial charge is 0.0758 e. The van der Waals surface area contributed by atoms with Gasteiger partial charge in [0.15, 0.2) is 0 Å². The van der Waals surface area contributed by atoms with Gasteiger partial charge in [-0.1, -0.05) is 20.3 Å². The molecule has 0 aromatic rings. The third kappa shape index (κ3) is 2.70. The molecule has 13 heavy (non-hydrogen) atoms. The lowest BCUT2D eigenvalue weighted by Gasteiger charge is -2.31.